The number of allylic oxidation sites excluding steroid dienone is 2. The Morgan fingerprint density at radius 1 is 1.17 bits per heavy atom. The van der Waals surface area contributed by atoms with Crippen LogP contribution in [0.3, 0.4) is 0 Å². The average molecular weight is 171 g/mol. The lowest BCUT2D eigenvalue weighted by Gasteiger charge is -1.94. The van der Waals surface area contributed by atoms with Crippen molar-refractivity contribution in [2.45, 2.75) is 48.5 Å². The zero-order valence-corrected chi connectivity index (χ0v) is 8.44. The van der Waals surface area contributed by atoms with Crippen LogP contribution in [0.4, 0.5) is 0 Å². The zero-order valence-electron chi connectivity index (χ0n) is 8.44. The summed E-state index contributed by atoms with van der Waals surface area (Å²) in [7, 11) is 0. The maximum atomic E-state index is 5.43. The van der Waals surface area contributed by atoms with Crippen LogP contribution in [-0.4, -0.2) is 0 Å². The Hall–Kier alpha value is -0.900. The molecule has 0 saturated heterocycles. The maximum absolute atomic E-state index is 5.43. The predicted octanol–water partition coefficient (Wildman–Crippen LogP) is 3.56. The van der Waals surface area contributed by atoms with Crippen molar-refractivity contribution < 1.29 is 0 Å². The molecule has 0 radical (unpaired) electrons. The van der Waals surface area contributed by atoms with E-state index in [-0.39, 0.29) is 7.43 Å². The first-order chi connectivity index (χ1) is 5.18. The smallest absolute Gasteiger partial charge is 0.00378 e. The lowest BCUT2D eigenvalue weighted by atomic mass is 10.2. The molecular formula is C11H25N. The summed E-state index contributed by atoms with van der Waals surface area (Å²) in [6, 6.07) is 0. The molecule has 0 aliphatic rings. The molecule has 0 aromatic heterocycles. The molecule has 0 atom stereocenters. The third kappa shape index (κ3) is 23.0. The summed E-state index contributed by atoms with van der Waals surface area (Å²) in [5.41, 5.74) is 7.68. The van der Waals surface area contributed by atoms with Gasteiger partial charge in [-0.05, 0) is 20.3 Å². The Balaban J connectivity index is -0.0000000560. The molecule has 0 fully saturated rings. The van der Waals surface area contributed by atoms with E-state index in [1.165, 1.54) is 5.57 Å². The second-order valence-electron chi connectivity index (χ2n) is 1.82. The van der Waals surface area contributed by atoms with Crippen molar-refractivity contribution in [3.8, 4) is 12.8 Å². The average Bonchev–Trinajstić information content (AvgIpc) is 2.10. The fourth-order valence-corrected chi connectivity index (χ4v) is 0.279. The molecule has 12 heavy (non-hydrogen) atoms. The summed E-state index contributed by atoms with van der Waals surface area (Å²) >= 11 is 0. The Morgan fingerprint density at radius 2 is 1.42 bits per heavy atom. The van der Waals surface area contributed by atoms with Gasteiger partial charge >= 0.3 is 0 Å². The molecule has 0 aliphatic carbocycles. The van der Waals surface area contributed by atoms with Crippen molar-refractivity contribution in [3.63, 3.8) is 0 Å². The summed E-state index contributed by atoms with van der Waals surface area (Å²) in [6.07, 6.45) is 9.07. The SMILES string of the molecule is C.C#C.CC.CC/C(C)=C(/C)N. The van der Waals surface area contributed by atoms with Crippen LogP contribution in [0, 0.1) is 12.8 Å². The quantitative estimate of drug-likeness (QED) is 0.600. The first-order valence-corrected chi connectivity index (χ1v) is 3.93. The molecule has 0 rings (SSSR count). The van der Waals surface area contributed by atoms with Crippen molar-refractivity contribution >= 4 is 0 Å². The fourth-order valence-electron chi connectivity index (χ4n) is 0.279. The van der Waals surface area contributed by atoms with E-state index in [9.17, 15) is 0 Å². The number of nitrogens with two attached hydrogens (primary N) is 1. The Morgan fingerprint density at radius 3 is 1.42 bits per heavy atom. The van der Waals surface area contributed by atoms with Gasteiger partial charge in [-0.15, -0.1) is 12.8 Å². The van der Waals surface area contributed by atoms with Gasteiger partial charge in [0.05, 0.1) is 0 Å². The van der Waals surface area contributed by atoms with Crippen LogP contribution in [0.5, 0.6) is 0 Å². The van der Waals surface area contributed by atoms with Gasteiger partial charge in [0.15, 0.2) is 0 Å². The van der Waals surface area contributed by atoms with Crippen LogP contribution in [0.15, 0.2) is 11.3 Å². The fraction of sp³-hybridized carbons (Fsp3) is 0.636. The minimum Gasteiger partial charge on any atom is -0.402 e. The normalized spacial score (nSPS) is 8.58. The highest BCUT2D eigenvalue weighted by molar-refractivity contribution is 5.03. The van der Waals surface area contributed by atoms with Gasteiger partial charge in [0.1, 0.15) is 0 Å². The Kier molecular flexibility index (Phi) is 42.1. The van der Waals surface area contributed by atoms with Crippen molar-refractivity contribution in [3.05, 3.63) is 11.3 Å². The van der Waals surface area contributed by atoms with Crippen molar-refractivity contribution in [1.29, 1.82) is 0 Å². The lowest BCUT2D eigenvalue weighted by Crippen LogP contribution is -1.93. The highest BCUT2D eigenvalue weighted by Gasteiger charge is 1.83. The van der Waals surface area contributed by atoms with Crippen molar-refractivity contribution in [2.75, 3.05) is 0 Å². The standard InChI is InChI=1S/C6H13N.C2H6.C2H2.CH4/c1-4-5(2)6(3)7;2*1-2;/h4,7H2,1-3H3;1-2H3;1-2H;1H4/b6-5-;;;. The molecule has 0 unspecified atom stereocenters. The van der Waals surface area contributed by atoms with E-state index in [0.29, 0.717) is 0 Å². The first-order valence-electron chi connectivity index (χ1n) is 3.93. The monoisotopic (exact) mass is 171 g/mol. The van der Waals surface area contributed by atoms with E-state index in [1.807, 2.05) is 20.8 Å². The zero-order chi connectivity index (χ0) is 9.86. The maximum Gasteiger partial charge on any atom is 0.00378 e. The summed E-state index contributed by atoms with van der Waals surface area (Å²) in [5.74, 6) is 0. The number of terminal acetylenes is 1. The summed E-state index contributed by atoms with van der Waals surface area (Å²) in [5, 5.41) is 0. The van der Waals surface area contributed by atoms with Gasteiger partial charge in [0.2, 0.25) is 0 Å². The Labute approximate surface area is 79.1 Å². The molecule has 0 aromatic rings. The lowest BCUT2D eigenvalue weighted by molar-refractivity contribution is 1.04. The van der Waals surface area contributed by atoms with E-state index in [4.69, 9.17) is 5.73 Å². The number of hydrogen-bond donors (Lipinski definition) is 1. The molecule has 0 aliphatic heterocycles. The molecule has 0 bridgehead atoms. The van der Waals surface area contributed by atoms with E-state index < -0.39 is 0 Å². The molecule has 0 aromatic carbocycles. The Bertz CT molecular complexity index is 105. The van der Waals surface area contributed by atoms with Gasteiger partial charge in [0, 0.05) is 5.70 Å². The van der Waals surface area contributed by atoms with Crippen LogP contribution in [0.2, 0.25) is 0 Å². The van der Waals surface area contributed by atoms with Gasteiger partial charge in [-0.3, -0.25) is 0 Å². The molecule has 0 spiro atoms. The second-order valence-corrected chi connectivity index (χ2v) is 1.82. The van der Waals surface area contributed by atoms with E-state index >= 15 is 0 Å². The van der Waals surface area contributed by atoms with Crippen LogP contribution in [0.25, 0.3) is 0 Å². The number of hydrogen-bond acceptors (Lipinski definition) is 1. The molecule has 0 saturated carbocycles. The highest BCUT2D eigenvalue weighted by Crippen LogP contribution is 1.99. The highest BCUT2D eigenvalue weighted by atomic mass is 14.6. The molecule has 0 heterocycles. The van der Waals surface area contributed by atoms with E-state index in [0.717, 1.165) is 12.1 Å². The van der Waals surface area contributed by atoms with Crippen LogP contribution >= 0.6 is 0 Å². The molecule has 2 N–H and O–H groups in total. The molecule has 1 heteroatoms. The minimum absolute atomic E-state index is 0. The van der Waals surface area contributed by atoms with Gasteiger partial charge < -0.3 is 5.73 Å². The van der Waals surface area contributed by atoms with E-state index in [2.05, 4.69) is 26.7 Å². The van der Waals surface area contributed by atoms with Crippen molar-refractivity contribution in [1.82, 2.24) is 0 Å². The largest absolute Gasteiger partial charge is 0.402 e. The van der Waals surface area contributed by atoms with Crippen molar-refractivity contribution in [2.24, 2.45) is 5.73 Å². The number of rotatable bonds is 1. The van der Waals surface area contributed by atoms with Gasteiger partial charge in [-0.2, -0.15) is 0 Å². The van der Waals surface area contributed by atoms with Gasteiger partial charge in [0.25, 0.3) is 0 Å². The molecule has 0 amide bonds. The summed E-state index contributed by atoms with van der Waals surface area (Å²) in [6.45, 7) is 10.1. The van der Waals surface area contributed by atoms with Gasteiger partial charge in [-0.25, -0.2) is 0 Å². The summed E-state index contributed by atoms with van der Waals surface area (Å²) in [4.78, 5) is 0. The second kappa shape index (κ2) is 22.5. The van der Waals surface area contributed by atoms with E-state index in [1.54, 1.807) is 0 Å². The van der Waals surface area contributed by atoms with Crippen LogP contribution in [0.1, 0.15) is 48.5 Å². The molecule has 1 nitrogen and oxygen atoms in total. The van der Waals surface area contributed by atoms with Crippen LogP contribution in [-0.2, 0) is 0 Å². The predicted molar refractivity (Wildman–Crippen MR) is 60.8 cm³/mol. The first kappa shape index (κ1) is 22.5. The third-order valence-electron chi connectivity index (χ3n) is 1.20. The van der Waals surface area contributed by atoms with Gasteiger partial charge in [-0.1, -0.05) is 33.8 Å². The third-order valence-corrected chi connectivity index (χ3v) is 1.20. The summed E-state index contributed by atoms with van der Waals surface area (Å²) < 4.78 is 0. The molecule has 74 valence electrons. The topological polar surface area (TPSA) is 26.0 Å². The van der Waals surface area contributed by atoms with Crippen LogP contribution < -0.4 is 5.73 Å². The minimum atomic E-state index is 0. The molecular weight excluding hydrogens is 146 g/mol.